The van der Waals surface area contributed by atoms with E-state index in [-0.39, 0.29) is 30.9 Å². The first kappa shape index (κ1) is 16.5. The van der Waals surface area contributed by atoms with E-state index < -0.39 is 0 Å². The van der Waals surface area contributed by atoms with Gasteiger partial charge in [0.25, 0.3) is 0 Å². The second-order valence-corrected chi connectivity index (χ2v) is 4.82. The number of hydrogen-bond acceptors (Lipinski definition) is 3. The van der Waals surface area contributed by atoms with Crippen LogP contribution < -0.4 is 16.0 Å². The monoisotopic (exact) mass is 297 g/mol. The molecule has 6 heteroatoms. The van der Waals surface area contributed by atoms with Gasteiger partial charge in [0.1, 0.15) is 0 Å². The number of benzene rings is 1. The van der Waals surface area contributed by atoms with Crippen molar-refractivity contribution in [2.75, 3.05) is 19.6 Å². The normalized spacial score (nSPS) is 11.8. The van der Waals surface area contributed by atoms with Crippen molar-refractivity contribution in [1.82, 2.24) is 16.0 Å². The topological polar surface area (TPSA) is 70.2 Å². The number of rotatable bonds is 7. The van der Waals surface area contributed by atoms with Gasteiger partial charge in [-0.1, -0.05) is 23.7 Å². The quantitative estimate of drug-likeness (QED) is 0.709. The minimum absolute atomic E-state index is 0.0000998. The molecule has 0 aliphatic rings. The van der Waals surface area contributed by atoms with Crippen molar-refractivity contribution < 1.29 is 9.59 Å². The van der Waals surface area contributed by atoms with Gasteiger partial charge in [0.2, 0.25) is 11.8 Å². The third kappa shape index (κ3) is 6.04. The van der Waals surface area contributed by atoms with Gasteiger partial charge < -0.3 is 16.0 Å². The highest BCUT2D eigenvalue weighted by atomic mass is 35.5. The van der Waals surface area contributed by atoms with E-state index >= 15 is 0 Å². The van der Waals surface area contributed by atoms with Crippen LogP contribution in [0.2, 0.25) is 5.02 Å². The van der Waals surface area contributed by atoms with Crippen molar-refractivity contribution in [2.45, 2.75) is 19.9 Å². The molecular weight excluding hydrogens is 278 g/mol. The van der Waals surface area contributed by atoms with E-state index in [0.717, 1.165) is 5.56 Å². The Morgan fingerprint density at radius 2 is 1.90 bits per heavy atom. The molecule has 1 rings (SSSR count). The summed E-state index contributed by atoms with van der Waals surface area (Å²) in [6.07, 6.45) is 0. The molecule has 0 spiro atoms. The molecule has 0 aromatic heterocycles. The Hall–Kier alpha value is -1.59. The Kier molecular flexibility index (Phi) is 7.04. The van der Waals surface area contributed by atoms with E-state index in [1.54, 1.807) is 6.07 Å². The molecule has 1 aromatic rings. The highest BCUT2D eigenvalue weighted by Crippen LogP contribution is 2.16. The van der Waals surface area contributed by atoms with Crippen LogP contribution in [0.1, 0.15) is 25.5 Å². The molecule has 2 amide bonds. The molecule has 0 unspecified atom stereocenters. The molecular formula is C14H20ClN3O2. The fourth-order valence-electron chi connectivity index (χ4n) is 1.64. The van der Waals surface area contributed by atoms with E-state index in [0.29, 0.717) is 11.6 Å². The standard InChI is InChI=1S/C14H20ClN3O2/c1-3-16-13(19)9-18-14(20)8-17-10(2)11-5-4-6-12(15)7-11/h4-7,10,17H,3,8-9H2,1-2H3,(H,16,19)(H,18,20)/t10-/m1/s1. The summed E-state index contributed by atoms with van der Waals surface area (Å²) >= 11 is 5.91. The number of nitrogens with one attached hydrogen (secondary N) is 3. The molecule has 110 valence electrons. The number of carbonyl (C=O) groups is 2. The molecule has 1 aromatic carbocycles. The van der Waals surface area contributed by atoms with E-state index in [2.05, 4.69) is 16.0 Å². The summed E-state index contributed by atoms with van der Waals surface area (Å²) < 4.78 is 0. The van der Waals surface area contributed by atoms with Crippen molar-refractivity contribution in [3.8, 4) is 0 Å². The molecule has 0 radical (unpaired) electrons. The van der Waals surface area contributed by atoms with Crippen LogP contribution in [-0.2, 0) is 9.59 Å². The fraction of sp³-hybridized carbons (Fsp3) is 0.429. The first-order valence-corrected chi connectivity index (χ1v) is 6.93. The van der Waals surface area contributed by atoms with Crippen LogP contribution in [0.3, 0.4) is 0 Å². The molecule has 3 N–H and O–H groups in total. The summed E-state index contributed by atoms with van der Waals surface area (Å²) in [6.45, 7) is 4.47. The predicted molar refractivity (Wildman–Crippen MR) is 79.6 cm³/mol. The molecule has 0 saturated carbocycles. The number of amides is 2. The molecule has 0 aliphatic carbocycles. The molecule has 0 heterocycles. The van der Waals surface area contributed by atoms with Gasteiger partial charge in [0.05, 0.1) is 13.1 Å². The molecule has 0 fully saturated rings. The minimum Gasteiger partial charge on any atom is -0.355 e. The molecule has 0 saturated heterocycles. The van der Waals surface area contributed by atoms with Crippen molar-refractivity contribution in [1.29, 1.82) is 0 Å². The molecule has 20 heavy (non-hydrogen) atoms. The summed E-state index contributed by atoms with van der Waals surface area (Å²) in [4.78, 5) is 22.8. The van der Waals surface area contributed by atoms with Crippen LogP contribution in [0, 0.1) is 0 Å². The summed E-state index contributed by atoms with van der Waals surface area (Å²) in [5.41, 5.74) is 1.01. The molecule has 1 atom stereocenters. The van der Waals surface area contributed by atoms with E-state index in [1.165, 1.54) is 0 Å². The Bertz CT molecular complexity index is 465. The fourth-order valence-corrected chi connectivity index (χ4v) is 1.84. The first-order valence-electron chi connectivity index (χ1n) is 6.55. The van der Waals surface area contributed by atoms with Gasteiger partial charge in [-0.2, -0.15) is 0 Å². The van der Waals surface area contributed by atoms with E-state index in [1.807, 2.05) is 32.0 Å². The van der Waals surface area contributed by atoms with E-state index in [9.17, 15) is 9.59 Å². The largest absolute Gasteiger partial charge is 0.355 e. The third-order valence-electron chi connectivity index (χ3n) is 2.74. The lowest BCUT2D eigenvalue weighted by molar-refractivity contribution is -0.125. The van der Waals surface area contributed by atoms with E-state index in [4.69, 9.17) is 11.6 Å². The maximum Gasteiger partial charge on any atom is 0.239 e. The second kappa shape index (κ2) is 8.55. The van der Waals surface area contributed by atoms with Crippen LogP contribution >= 0.6 is 11.6 Å². The predicted octanol–water partition coefficient (Wildman–Crippen LogP) is 1.24. The van der Waals surface area contributed by atoms with Crippen LogP contribution in [0.5, 0.6) is 0 Å². The van der Waals surface area contributed by atoms with Gasteiger partial charge in [0, 0.05) is 17.6 Å². The SMILES string of the molecule is CCNC(=O)CNC(=O)CN[C@H](C)c1cccc(Cl)c1. The molecule has 0 aliphatic heterocycles. The van der Waals surface area contributed by atoms with Gasteiger partial charge >= 0.3 is 0 Å². The number of hydrogen-bond donors (Lipinski definition) is 3. The third-order valence-corrected chi connectivity index (χ3v) is 2.97. The van der Waals surface area contributed by atoms with Crippen LogP contribution in [0.25, 0.3) is 0 Å². The van der Waals surface area contributed by atoms with Crippen molar-refractivity contribution >= 4 is 23.4 Å². The summed E-state index contributed by atoms with van der Waals surface area (Å²) in [5.74, 6) is -0.408. The van der Waals surface area contributed by atoms with Gasteiger partial charge in [-0.3, -0.25) is 9.59 Å². The van der Waals surface area contributed by atoms with Crippen molar-refractivity contribution in [2.24, 2.45) is 0 Å². The smallest absolute Gasteiger partial charge is 0.239 e. The second-order valence-electron chi connectivity index (χ2n) is 4.39. The lowest BCUT2D eigenvalue weighted by atomic mass is 10.1. The maximum atomic E-state index is 11.6. The van der Waals surface area contributed by atoms with Gasteiger partial charge in [-0.15, -0.1) is 0 Å². The van der Waals surface area contributed by atoms with Gasteiger partial charge in [-0.05, 0) is 31.5 Å². The Labute approximate surface area is 124 Å². The van der Waals surface area contributed by atoms with Crippen LogP contribution in [0.4, 0.5) is 0 Å². The zero-order valence-electron chi connectivity index (χ0n) is 11.7. The Morgan fingerprint density at radius 3 is 2.55 bits per heavy atom. The highest BCUT2D eigenvalue weighted by Gasteiger charge is 2.09. The van der Waals surface area contributed by atoms with Gasteiger partial charge in [0.15, 0.2) is 0 Å². The summed E-state index contributed by atoms with van der Waals surface area (Å²) in [5, 5.41) is 8.90. The lowest BCUT2D eigenvalue weighted by Gasteiger charge is -2.14. The van der Waals surface area contributed by atoms with Crippen molar-refractivity contribution in [3.63, 3.8) is 0 Å². The zero-order valence-corrected chi connectivity index (χ0v) is 12.5. The van der Waals surface area contributed by atoms with Crippen LogP contribution in [-0.4, -0.2) is 31.4 Å². The minimum atomic E-state index is -0.217. The summed E-state index contributed by atoms with van der Waals surface area (Å²) in [7, 11) is 0. The number of halogens is 1. The highest BCUT2D eigenvalue weighted by molar-refractivity contribution is 6.30. The number of likely N-dealkylation sites (N-methyl/N-ethyl adjacent to an activating group) is 1. The lowest BCUT2D eigenvalue weighted by Crippen LogP contribution is -2.41. The van der Waals surface area contributed by atoms with Crippen molar-refractivity contribution in [3.05, 3.63) is 34.9 Å². The number of carbonyl (C=O) groups excluding carboxylic acids is 2. The average Bonchev–Trinajstić information content (AvgIpc) is 2.43. The maximum absolute atomic E-state index is 11.6. The first-order chi connectivity index (χ1) is 9.52. The zero-order chi connectivity index (χ0) is 15.0. The van der Waals surface area contributed by atoms with Gasteiger partial charge in [-0.25, -0.2) is 0 Å². The average molecular weight is 298 g/mol. The molecule has 5 nitrogen and oxygen atoms in total. The molecule has 0 bridgehead atoms. The Morgan fingerprint density at radius 1 is 1.20 bits per heavy atom. The van der Waals surface area contributed by atoms with Crippen LogP contribution in [0.15, 0.2) is 24.3 Å². The summed E-state index contributed by atoms with van der Waals surface area (Å²) in [6, 6.07) is 7.47. The Balaban J connectivity index is 2.32.